The Bertz CT molecular complexity index is 496. The largest absolute Gasteiger partial charge is 0.366 e. The molecule has 0 saturated heterocycles. The van der Waals surface area contributed by atoms with E-state index < -0.39 is 0 Å². The van der Waals surface area contributed by atoms with E-state index in [1.807, 2.05) is 36.3 Å². The topological polar surface area (TPSA) is 46.3 Å². The van der Waals surface area contributed by atoms with Gasteiger partial charge in [0.05, 0.1) is 0 Å². The molecule has 0 spiro atoms. The third-order valence-electron chi connectivity index (χ3n) is 3.10. The number of primary amides is 1. The van der Waals surface area contributed by atoms with Gasteiger partial charge in [-0.3, -0.25) is 4.79 Å². The predicted molar refractivity (Wildman–Crippen MR) is 84.1 cm³/mol. The minimum Gasteiger partial charge on any atom is -0.366 e. The first-order chi connectivity index (χ1) is 9.75. The lowest BCUT2D eigenvalue weighted by atomic mass is 10.1. The van der Waals surface area contributed by atoms with Crippen LogP contribution in [-0.2, 0) is 4.79 Å². The van der Waals surface area contributed by atoms with Gasteiger partial charge < -0.3 is 10.6 Å². The van der Waals surface area contributed by atoms with Crippen LogP contribution in [0.1, 0.15) is 19.3 Å². The van der Waals surface area contributed by atoms with Crippen LogP contribution in [0.2, 0.25) is 0 Å². The van der Waals surface area contributed by atoms with Crippen molar-refractivity contribution in [2.75, 3.05) is 12.3 Å². The molecule has 0 aliphatic carbocycles. The first-order valence-electron chi connectivity index (χ1n) is 6.86. The molecule has 0 fully saturated rings. The van der Waals surface area contributed by atoms with Crippen LogP contribution < -0.4 is 5.73 Å². The maximum atomic E-state index is 11.1. The van der Waals surface area contributed by atoms with Crippen molar-refractivity contribution < 1.29 is 4.79 Å². The molecule has 2 rings (SSSR count). The second-order valence-corrected chi connectivity index (χ2v) is 5.88. The standard InChI is InChI=1S/C16H20N2OS/c17-16(19)14-7-6-11-18(13-14)10-4-5-12-20-15-8-2-1-3-9-15/h1-3,6,8-9,11,13H,4-5,7,10,12H2,(H2,17,19). The Balaban J connectivity index is 1.65. The molecule has 0 atom stereocenters. The Labute approximate surface area is 124 Å². The van der Waals surface area contributed by atoms with Crippen LogP contribution in [0.15, 0.2) is 59.3 Å². The second-order valence-electron chi connectivity index (χ2n) is 4.71. The van der Waals surface area contributed by atoms with Gasteiger partial charge in [0.25, 0.3) is 0 Å². The summed E-state index contributed by atoms with van der Waals surface area (Å²) in [6.45, 7) is 0.933. The molecule has 106 valence electrons. The molecule has 0 aromatic heterocycles. The molecular formula is C16H20N2OS. The summed E-state index contributed by atoms with van der Waals surface area (Å²) in [5.74, 6) is 0.799. The van der Waals surface area contributed by atoms with Gasteiger partial charge in [0, 0.05) is 23.2 Å². The number of rotatable bonds is 7. The molecular weight excluding hydrogens is 268 g/mol. The van der Waals surface area contributed by atoms with Crippen LogP contribution in [0, 0.1) is 0 Å². The lowest BCUT2D eigenvalue weighted by Crippen LogP contribution is -2.21. The molecule has 1 aromatic rings. The second kappa shape index (κ2) is 7.80. The van der Waals surface area contributed by atoms with E-state index in [1.165, 1.54) is 4.90 Å². The van der Waals surface area contributed by atoms with Crippen LogP contribution in [-0.4, -0.2) is 23.1 Å². The summed E-state index contributed by atoms with van der Waals surface area (Å²) in [5, 5.41) is 0. The molecule has 2 N–H and O–H groups in total. The summed E-state index contributed by atoms with van der Waals surface area (Å²) >= 11 is 1.89. The highest BCUT2D eigenvalue weighted by Gasteiger charge is 2.09. The highest BCUT2D eigenvalue weighted by atomic mass is 32.2. The fourth-order valence-electron chi connectivity index (χ4n) is 2.02. The summed E-state index contributed by atoms with van der Waals surface area (Å²) < 4.78 is 0. The van der Waals surface area contributed by atoms with Crippen molar-refractivity contribution in [3.8, 4) is 0 Å². The Morgan fingerprint density at radius 2 is 2.05 bits per heavy atom. The Hall–Kier alpha value is -1.68. The zero-order valence-electron chi connectivity index (χ0n) is 11.5. The molecule has 0 radical (unpaired) electrons. The van der Waals surface area contributed by atoms with Gasteiger partial charge in [0.1, 0.15) is 0 Å². The summed E-state index contributed by atoms with van der Waals surface area (Å²) in [7, 11) is 0. The maximum absolute atomic E-state index is 11.1. The minimum atomic E-state index is -0.320. The number of carbonyl (C=O) groups excluding carboxylic acids is 1. The van der Waals surface area contributed by atoms with Gasteiger partial charge in [-0.2, -0.15) is 0 Å². The minimum absolute atomic E-state index is 0.320. The van der Waals surface area contributed by atoms with Crippen molar-refractivity contribution >= 4 is 17.7 Å². The van der Waals surface area contributed by atoms with E-state index in [-0.39, 0.29) is 5.91 Å². The molecule has 1 aliphatic rings. The number of hydrogen-bond donors (Lipinski definition) is 1. The summed E-state index contributed by atoms with van der Waals surface area (Å²) in [4.78, 5) is 14.5. The maximum Gasteiger partial charge on any atom is 0.246 e. The number of carbonyl (C=O) groups is 1. The molecule has 1 aromatic carbocycles. The van der Waals surface area contributed by atoms with Crippen molar-refractivity contribution in [2.45, 2.75) is 24.2 Å². The van der Waals surface area contributed by atoms with Gasteiger partial charge >= 0.3 is 0 Å². The molecule has 20 heavy (non-hydrogen) atoms. The fourth-order valence-corrected chi connectivity index (χ4v) is 2.95. The van der Waals surface area contributed by atoms with E-state index in [2.05, 4.69) is 29.2 Å². The van der Waals surface area contributed by atoms with Gasteiger partial charge in [-0.15, -0.1) is 11.8 Å². The first kappa shape index (κ1) is 14.7. The average molecular weight is 288 g/mol. The molecule has 1 heterocycles. The van der Waals surface area contributed by atoms with Crippen LogP contribution >= 0.6 is 11.8 Å². The lowest BCUT2D eigenvalue weighted by Gasteiger charge is -2.20. The van der Waals surface area contributed by atoms with Crippen LogP contribution in [0.3, 0.4) is 0 Å². The number of nitrogens with two attached hydrogens (primary N) is 1. The van der Waals surface area contributed by atoms with Crippen LogP contribution in [0.5, 0.6) is 0 Å². The van der Waals surface area contributed by atoms with Crippen molar-refractivity contribution in [2.24, 2.45) is 5.73 Å². The third-order valence-corrected chi connectivity index (χ3v) is 4.19. The highest BCUT2D eigenvalue weighted by Crippen LogP contribution is 2.19. The van der Waals surface area contributed by atoms with Crippen molar-refractivity contribution in [3.05, 3.63) is 54.4 Å². The first-order valence-corrected chi connectivity index (χ1v) is 7.85. The quantitative estimate of drug-likeness (QED) is 0.619. The van der Waals surface area contributed by atoms with Crippen molar-refractivity contribution in [1.82, 2.24) is 4.90 Å². The number of allylic oxidation sites excluding steroid dienone is 1. The number of hydrogen-bond acceptors (Lipinski definition) is 3. The molecule has 3 nitrogen and oxygen atoms in total. The summed E-state index contributed by atoms with van der Waals surface area (Å²) in [5.41, 5.74) is 5.99. The number of nitrogens with zero attached hydrogens (tertiary/aromatic N) is 1. The number of benzene rings is 1. The van der Waals surface area contributed by atoms with Crippen molar-refractivity contribution in [3.63, 3.8) is 0 Å². The third kappa shape index (κ3) is 4.78. The average Bonchev–Trinajstić information content (AvgIpc) is 2.48. The summed E-state index contributed by atoms with van der Waals surface area (Å²) in [6, 6.07) is 10.4. The van der Waals surface area contributed by atoms with E-state index >= 15 is 0 Å². The Morgan fingerprint density at radius 1 is 1.25 bits per heavy atom. The predicted octanol–water partition coefficient (Wildman–Crippen LogP) is 3.15. The zero-order valence-corrected chi connectivity index (χ0v) is 12.3. The SMILES string of the molecule is NC(=O)C1=CN(CCCCSc2ccccc2)C=CC1. The van der Waals surface area contributed by atoms with Gasteiger partial charge in [0.15, 0.2) is 0 Å². The smallest absolute Gasteiger partial charge is 0.246 e. The normalized spacial score (nSPS) is 14.2. The number of unbranched alkanes of at least 4 members (excludes halogenated alkanes) is 1. The van der Waals surface area contributed by atoms with Gasteiger partial charge in [-0.05, 0) is 43.3 Å². The molecule has 0 unspecified atom stereocenters. The molecule has 1 amide bonds. The van der Waals surface area contributed by atoms with Crippen LogP contribution in [0.25, 0.3) is 0 Å². The fraction of sp³-hybridized carbons (Fsp3) is 0.312. The highest BCUT2D eigenvalue weighted by molar-refractivity contribution is 7.99. The van der Waals surface area contributed by atoms with Crippen LogP contribution in [0.4, 0.5) is 0 Å². The van der Waals surface area contributed by atoms with Gasteiger partial charge in [-0.25, -0.2) is 0 Å². The molecule has 0 bridgehead atoms. The lowest BCUT2D eigenvalue weighted by molar-refractivity contribution is -0.114. The van der Waals surface area contributed by atoms with Gasteiger partial charge in [0.2, 0.25) is 5.91 Å². The van der Waals surface area contributed by atoms with E-state index in [4.69, 9.17) is 5.73 Å². The van der Waals surface area contributed by atoms with E-state index in [0.717, 1.165) is 25.1 Å². The Kier molecular flexibility index (Phi) is 5.74. The number of amides is 1. The van der Waals surface area contributed by atoms with Gasteiger partial charge in [-0.1, -0.05) is 24.3 Å². The molecule has 1 aliphatic heterocycles. The summed E-state index contributed by atoms with van der Waals surface area (Å²) in [6.07, 6.45) is 8.79. The molecule has 0 saturated carbocycles. The monoisotopic (exact) mass is 288 g/mol. The van der Waals surface area contributed by atoms with E-state index in [1.54, 1.807) is 0 Å². The Morgan fingerprint density at radius 3 is 2.80 bits per heavy atom. The zero-order chi connectivity index (χ0) is 14.2. The molecule has 4 heteroatoms. The number of thioether (sulfide) groups is 1. The van der Waals surface area contributed by atoms with Crippen molar-refractivity contribution in [1.29, 1.82) is 0 Å². The van der Waals surface area contributed by atoms with E-state index in [9.17, 15) is 4.79 Å². The van der Waals surface area contributed by atoms with E-state index in [0.29, 0.717) is 12.0 Å².